The highest BCUT2D eigenvalue weighted by Gasteiger charge is 2.23. The van der Waals surface area contributed by atoms with Gasteiger partial charge in [-0.25, -0.2) is 4.79 Å². The van der Waals surface area contributed by atoms with Crippen molar-refractivity contribution in [2.24, 2.45) is 4.99 Å². The zero-order chi connectivity index (χ0) is 15.8. The van der Waals surface area contributed by atoms with E-state index < -0.39 is 0 Å². The van der Waals surface area contributed by atoms with E-state index in [0.717, 1.165) is 38.4 Å². The van der Waals surface area contributed by atoms with Crippen LogP contribution in [0.1, 0.15) is 24.6 Å². The number of nitrogens with zero attached hydrogens (tertiary/aromatic N) is 2. The first-order chi connectivity index (χ1) is 10.7. The Kier molecular flexibility index (Phi) is 9.30. The molecular weight excluding hydrogens is 427 g/mol. The van der Waals surface area contributed by atoms with Gasteiger partial charge >= 0.3 is 6.09 Å². The Morgan fingerprint density at radius 2 is 2.22 bits per heavy atom. The molecule has 2 N–H and O–H groups in total. The second-order valence-electron chi connectivity index (χ2n) is 5.11. The van der Waals surface area contributed by atoms with Crippen LogP contribution in [-0.4, -0.2) is 49.7 Å². The van der Waals surface area contributed by atoms with Gasteiger partial charge in [-0.05, 0) is 31.2 Å². The van der Waals surface area contributed by atoms with Crippen molar-refractivity contribution in [3.8, 4) is 0 Å². The Bertz CT molecular complexity index is 488. The molecule has 1 aromatic heterocycles. The van der Waals surface area contributed by atoms with Gasteiger partial charge in [0.25, 0.3) is 0 Å². The Morgan fingerprint density at radius 1 is 1.48 bits per heavy atom. The van der Waals surface area contributed by atoms with E-state index in [1.807, 2.05) is 13.0 Å². The maximum atomic E-state index is 11.7. The lowest BCUT2D eigenvalue weighted by atomic mass is 10.1. The molecule has 1 fully saturated rings. The molecule has 0 atom stereocenters. The molecule has 1 aromatic rings. The minimum absolute atomic E-state index is 0. The maximum Gasteiger partial charge on any atom is 0.409 e. The second-order valence-corrected chi connectivity index (χ2v) is 6.14. The smallest absolute Gasteiger partial charge is 0.409 e. The summed E-state index contributed by atoms with van der Waals surface area (Å²) in [6, 6.07) is 4.48. The van der Waals surface area contributed by atoms with Crippen molar-refractivity contribution in [3.05, 3.63) is 22.4 Å². The highest BCUT2D eigenvalue weighted by atomic mass is 127. The zero-order valence-corrected chi connectivity index (χ0v) is 16.7. The number of amides is 1. The molecule has 0 bridgehead atoms. The van der Waals surface area contributed by atoms with Gasteiger partial charge in [0.05, 0.1) is 13.2 Å². The van der Waals surface area contributed by atoms with E-state index in [4.69, 9.17) is 4.74 Å². The number of thiophene rings is 1. The number of guanidine groups is 1. The number of nitrogens with one attached hydrogen (secondary N) is 2. The summed E-state index contributed by atoms with van der Waals surface area (Å²) in [6.45, 7) is 4.47. The summed E-state index contributed by atoms with van der Waals surface area (Å²) >= 11 is 1.73. The molecule has 0 radical (unpaired) electrons. The van der Waals surface area contributed by atoms with Crippen molar-refractivity contribution < 1.29 is 9.53 Å². The van der Waals surface area contributed by atoms with Gasteiger partial charge < -0.3 is 20.3 Å². The number of carbonyl (C=O) groups is 1. The molecule has 1 amide bonds. The van der Waals surface area contributed by atoms with E-state index in [0.29, 0.717) is 12.6 Å². The Morgan fingerprint density at radius 3 is 2.78 bits per heavy atom. The monoisotopic (exact) mass is 452 g/mol. The fraction of sp³-hybridized carbons (Fsp3) is 0.600. The number of piperidine rings is 1. The predicted molar refractivity (Wildman–Crippen MR) is 105 cm³/mol. The van der Waals surface area contributed by atoms with Gasteiger partial charge in [0, 0.05) is 31.1 Å². The normalized spacial score (nSPS) is 15.7. The van der Waals surface area contributed by atoms with Crippen molar-refractivity contribution in [1.82, 2.24) is 15.5 Å². The third kappa shape index (κ3) is 6.54. The largest absolute Gasteiger partial charge is 0.450 e. The van der Waals surface area contributed by atoms with Gasteiger partial charge in [0.1, 0.15) is 0 Å². The summed E-state index contributed by atoms with van der Waals surface area (Å²) in [5, 5.41) is 8.81. The Hall–Kier alpha value is -1.03. The van der Waals surface area contributed by atoms with Crippen LogP contribution in [-0.2, 0) is 11.3 Å². The van der Waals surface area contributed by atoms with Gasteiger partial charge in [-0.15, -0.1) is 35.3 Å². The minimum Gasteiger partial charge on any atom is -0.450 e. The van der Waals surface area contributed by atoms with Crippen LogP contribution in [0.5, 0.6) is 0 Å². The number of likely N-dealkylation sites (tertiary alicyclic amines) is 1. The molecule has 6 nitrogen and oxygen atoms in total. The number of aliphatic imine (C=N–C) groups is 1. The number of carbonyl (C=O) groups excluding carboxylic acids is 1. The molecule has 0 spiro atoms. The van der Waals surface area contributed by atoms with E-state index >= 15 is 0 Å². The third-order valence-electron chi connectivity index (χ3n) is 3.60. The first kappa shape index (κ1) is 20.0. The molecular formula is C15H25IN4O2S. The second kappa shape index (κ2) is 10.7. The fourth-order valence-corrected chi connectivity index (χ4v) is 3.04. The molecule has 1 saturated heterocycles. The highest BCUT2D eigenvalue weighted by Crippen LogP contribution is 2.12. The molecule has 2 heterocycles. The van der Waals surface area contributed by atoms with E-state index in [-0.39, 0.29) is 30.1 Å². The van der Waals surface area contributed by atoms with Gasteiger partial charge in [-0.2, -0.15) is 0 Å². The molecule has 0 aromatic carbocycles. The summed E-state index contributed by atoms with van der Waals surface area (Å²) in [4.78, 5) is 19.0. The van der Waals surface area contributed by atoms with Crippen molar-refractivity contribution in [2.45, 2.75) is 32.4 Å². The molecule has 1 aliphatic heterocycles. The standard InChI is InChI=1S/C15H24N4O2S.HI/c1-3-21-15(20)19-8-6-12(7-9-19)18-14(16-2)17-11-13-5-4-10-22-13;/h4-5,10,12H,3,6-9,11H2,1-2H3,(H2,16,17,18);1H. The average molecular weight is 452 g/mol. The number of rotatable bonds is 4. The van der Waals surface area contributed by atoms with Crippen molar-refractivity contribution in [2.75, 3.05) is 26.7 Å². The lowest BCUT2D eigenvalue weighted by Crippen LogP contribution is -2.49. The topological polar surface area (TPSA) is 66.0 Å². The predicted octanol–water partition coefficient (Wildman–Crippen LogP) is 2.65. The summed E-state index contributed by atoms with van der Waals surface area (Å²) in [5.41, 5.74) is 0. The van der Waals surface area contributed by atoms with E-state index in [1.54, 1.807) is 23.3 Å². The van der Waals surface area contributed by atoms with Gasteiger partial charge in [-0.3, -0.25) is 4.99 Å². The first-order valence-electron chi connectivity index (χ1n) is 7.64. The Balaban J connectivity index is 0.00000264. The molecule has 23 heavy (non-hydrogen) atoms. The van der Waals surface area contributed by atoms with Crippen LogP contribution in [0.4, 0.5) is 4.79 Å². The molecule has 2 rings (SSSR count). The number of hydrogen-bond acceptors (Lipinski definition) is 4. The number of halogens is 1. The number of hydrogen-bond donors (Lipinski definition) is 2. The molecule has 0 saturated carbocycles. The molecule has 1 aliphatic rings. The van der Waals surface area contributed by atoms with Crippen LogP contribution in [0.2, 0.25) is 0 Å². The van der Waals surface area contributed by atoms with Gasteiger partial charge in [-0.1, -0.05) is 6.07 Å². The lowest BCUT2D eigenvalue weighted by molar-refractivity contribution is 0.0963. The van der Waals surface area contributed by atoms with Crippen LogP contribution >= 0.6 is 35.3 Å². The maximum absolute atomic E-state index is 11.7. The van der Waals surface area contributed by atoms with Crippen LogP contribution in [0.3, 0.4) is 0 Å². The molecule has 8 heteroatoms. The van der Waals surface area contributed by atoms with Crippen LogP contribution in [0.15, 0.2) is 22.5 Å². The molecule has 130 valence electrons. The summed E-state index contributed by atoms with van der Waals surface area (Å²) in [6.07, 6.45) is 1.60. The minimum atomic E-state index is -0.207. The van der Waals surface area contributed by atoms with Crippen LogP contribution in [0, 0.1) is 0 Å². The summed E-state index contributed by atoms with van der Waals surface area (Å²) in [7, 11) is 1.78. The van der Waals surface area contributed by atoms with Crippen molar-refractivity contribution in [1.29, 1.82) is 0 Å². The van der Waals surface area contributed by atoms with Crippen molar-refractivity contribution >= 4 is 47.4 Å². The average Bonchev–Trinajstić information content (AvgIpc) is 3.05. The quantitative estimate of drug-likeness (QED) is 0.419. The van der Waals surface area contributed by atoms with Crippen molar-refractivity contribution in [3.63, 3.8) is 0 Å². The SMILES string of the molecule is CCOC(=O)N1CCC(NC(=NC)NCc2cccs2)CC1.I. The summed E-state index contributed by atoms with van der Waals surface area (Å²) < 4.78 is 5.03. The van der Waals surface area contributed by atoms with Crippen LogP contribution in [0.25, 0.3) is 0 Å². The van der Waals surface area contributed by atoms with Gasteiger partial charge in [0.15, 0.2) is 5.96 Å². The molecule has 0 unspecified atom stereocenters. The lowest BCUT2D eigenvalue weighted by Gasteiger charge is -2.32. The molecule has 0 aliphatic carbocycles. The zero-order valence-electron chi connectivity index (χ0n) is 13.6. The van der Waals surface area contributed by atoms with Gasteiger partial charge in [0.2, 0.25) is 0 Å². The number of ether oxygens (including phenoxy) is 1. The summed E-state index contributed by atoms with van der Waals surface area (Å²) in [5.74, 6) is 0.808. The van der Waals surface area contributed by atoms with Crippen LogP contribution < -0.4 is 10.6 Å². The first-order valence-corrected chi connectivity index (χ1v) is 8.52. The van der Waals surface area contributed by atoms with E-state index in [1.165, 1.54) is 4.88 Å². The fourth-order valence-electron chi connectivity index (χ4n) is 2.39. The highest BCUT2D eigenvalue weighted by molar-refractivity contribution is 14.0. The van der Waals surface area contributed by atoms with E-state index in [9.17, 15) is 4.79 Å². The van der Waals surface area contributed by atoms with E-state index in [2.05, 4.69) is 27.1 Å². The third-order valence-corrected chi connectivity index (χ3v) is 4.47. The Labute approximate surface area is 158 Å².